The van der Waals surface area contributed by atoms with Gasteiger partial charge in [-0.2, -0.15) is 0 Å². The van der Waals surface area contributed by atoms with Gasteiger partial charge in [0.25, 0.3) is 0 Å². The molecule has 0 aliphatic rings. The molecule has 2 amide bonds. The zero-order valence-electron chi connectivity index (χ0n) is 15.7. The van der Waals surface area contributed by atoms with Crippen LogP contribution in [0.15, 0.2) is 42.5 Å². The number of hydrogen-bond acceptors (Lipinski definition) is 7. The molecule has 0 aliphatic carbocycles. The van der Waals surface area contributed by atoms with Crippen molar-refractivity contribution < 1.29 is 14.3 Å². The van der Waals surface area contributed by atoms with Crippen LogP contribution in [0, 0.1) is 0 Å². The number of nitrogens with two attached hydrogens (primary N) is 3. The lowest BCUT2D eigenvalue weighted by Crippen LogP contribution is -2.21. The second kappa shape index (κ2) is 8.98. The van der Waals surface area contributed by atoms with Crippen molar-refractivity contribution in [2.45, 2.75) is 12.8 Å². The molecule has 0 radical (unpaired) electrons. The lowest BCUT2D eigenvalue weighted by atomic mass is 10.1. The number of nitrogen functional groups attached to an aromatic ring is 1. The lowest BCUT2D eigenvalue weighted by molar-refractivity contribution is -0.118. The molecule has 0 fully saturated rings. The van der Waals surface area contributed by atoms with Gasteiger partial charge in [-0.25, -0.2) is 9.97 Å². The summed E-state index contributed by atoms with van der Waals surface area (Å²) in [6.45, 7) is 0.257. The molecule has 0 spiro atoms. The lowest BCUT2D eigenvalue weighted by Gasteiger charge is -2.11. The molecule has 0 saturated carbocycles. The second-order valence-corrected chi connectivity index (χ2v) is 6.36. The van der Waals surface area contributed by atoms with Crippen LogP contribution in [0.5, 0.6) is 5.75 Å². The van der Waals surface area contributed by atoms with Crippen LogP contribution in [0.1, 0.15) is 12.8 Å². The third-order valence-electron chi connectivity index (χ3n) is 4.13. The van der Waals surface area contributed by atoms with Crippen molar-refractivity contribution in [3.63, 3.8) is 0 Å². The Morgan fingerprint density at radius 2 is 1.93 bits per heavy atom. The Morgan fingerprint density at radius 1 is 1.10 bits per heavy atom. The fraction of sp³-hybridized carbons (Fsp3) is 0.200. The molecule has 0 unspecified atom stereocenters. The van der Waals surface area contributed by atoms with Gasteiger partial charge in [0, 0.05) is 23.1 Å². The fourth-order valence-corrected chi connectivity index (χ4v) is 2.83. The highest BCUT2D eigenvalue weighted by Gasteiger charge is 2.11. The highest BCUT2D eigenvalue weighted by Crippen LogP contribution is 2.31. The van der Waals surface area contributed by atoms with E-state index in [4.69, 9.17) is 21.9 Å². The number of anilines is 2. The van der Waals surface area contributed by atoms with Crippen LogP contribution in [0.2, 0.25) is 0 Å². The third kappa shape index (κ3) is 5.17. The Bertz CT molecular complexity index is 1050. The van der Waals surface area contributed by atoms with E-state index in [1.807, 2.05) is 24.3 Å². The van der Waals surface area contributed by atoms with E-state index in [1.54, 1.807) is 18.2 Å². The predicted octanol–water partition coefficient (Wildman–Crippen LogP) is 1.42. The van der Waals surface area contributed by atoms with Crippen molar-refractivity contribution in [2.24, 2.45) is 11.5 Å². The second-order valence-electron chi connectivity index (χ2n) is 6.36. The molecule has 29 heavy (non-hydrogen) atoms. The summed E-state index contributed by atoms with van der Waals surface area (Å²) in [6, 6.07) is 12.6. The van der Waals surface area contributed by atoms with Crippen molar-refractivity contribution in [3.05, 3.63) is 42.5 Å². The largest absolute Gasteiger partial charge is 0.494 e. The zero-order chi connectivity index (χ0) is 20.8. The zero-order valence-corrected chi connectivity index (χ0v) is 15.7. The molecule has 150 valence electrons. The van der Waals surface area contributed by atoms with Crippen molar-refractivity contribution in [1.82, 2.24) is 9.97 Å². The van der Waals surface area contributed by atoms with Gasteiger partial charge in [-0.05, 0) is 36.8 Å². The van der Waals surface area contributed by atoms with Gasteiger partial charge in [-0.15, -0.1) is 0 Å². The summed E-state index contributed by atoms with van der Waals surface area (Å²) in [5.41, 5.74) is 19.0. The number of carbonyl (C=O) groups excluding carboxylic acids is 2. The maximum Gasteiger partial charge on any atom is 0.238 e. The number of fused-ring (bicyclic) bond motifs is 1. The summed E-state index contributed by atoms with van der Waals surface area (Å²) in [5.74, 6) is 0.111. The number of rotatable bonds is 8. The van der Waals surface area contributed by atoms with E-state index in [1.165, 1.54) is 0 Å². The summed E-state index contributed by atoms with van der Waals surface area (Å²) in [5, 5.41) is 3.44. The number of hydrogen-bond donors (Lipinski definition) is 4. The molecular formula is C20H22N6O3. The van der Waals surface area contributed by atoms with Gasteiger partial charge in [0.15, 0.2) is 0 Å². The fourth-order valence-electron chi connectivity index (χ4n) is 2.83. The molecule has 9 heteroatoms. The average Bonchev–Trinajstić information content (AvgIpc) is 2.71. The maximum atomic E-state index is 11.6. The van der Waals surface area contributed by atoms with E-state index in [0.29, 0.717) is 35.7 Å². The van der Waals surface area contributed by atoms with Crippen LogP contribution in [-0.4, -0.2) is 34.9 Å². The summed E-state index contributed by atoms with van der Waals surface area (Å²) in [7, 11) is 0. The van der Waals surface area contributed by atoms with E-state index in [0.717, 1.165) is 10.9 Å². The Kier molecular flexibility index (Phi) is 6.20. The molecule has 0 aliphatic heterocycles. The predicted molar refractivity (Wildman–Crippen MR) is 111 cm³/mol. The van der Waals surface area contributed by atoms with Gasteiger partial charge in [-0.3, -0.25) is 9.59 Å². The standard InChI is InChI=1S/C20H22N6O3/c21-11-18(28)24-13-6-7-16-15(10-13)19(26-20(23)25-16)12-3-1-4-14(9-12)29-8-2-5-17(22)27/h1,3-4,6-7,9-10H,2,5,8,11,21H2,(H2,22,27)(H,24,28)(H2,23,25,26). The molecule has 7 N–H and O–H groups in total. The Labute approximate surface area is 167 Å². The highest BCUT2D eigenvalue weighted by molar-refractivity contribution is 5.99. The van der Waals surface area contributed by atoms with Gasteiger partial charge >= 0.3 is 0 Å². The Morgan fingerprint density at radius 3 is 2.69 bits per heavy atom. The van der Waals surface area contributed by atoms with E-state index in [-0.39, 0.29) is 30.7 Å². The minimum absolute atomic E-state index is 0.113. The van der Waals surface area contributed by atoms with Crippen molar-refractivity contribution in [2.75, 3.05) is 24.2 Å². The summed E-state index contributed by atoms with van der Waals surface area (Å²) >= 11 is 0. The smallest absolute Gasteiger partial charge is 0.238 e. The van der Waals surface area contributed by atoms with Gasteiger partial charge in [0.05, 0.1) is 24.4 Å². The molecule has 1 heterocycles. The third-order valence-corrected chi connectivity index (χ3v) is 4.13. The van der Waals surface area contributed by atoms with E-state index in [9.17, 15) is 9.59 Å². The van der Waals surface area contributed by atoms with E-state index < -0.39 is 0 Å². The number of amides is 2. The van der Waals surface area contributed by atoms with Crippen molar-refractivity contribution in [1.29, 1.82) is 0 Å². The van der Waals surface area contributed by atoms with Crippen LogP contribution >= 0.6 is 0 Å². The monoisotopic (exact) mass is 394 g/mol. The first-order valence-corrected chi connectivity index (χ1v) is 9.05. The topological polar surface area (TPSA) is 159 Å². The van der Waals surface area contributed by atoms with Gasteiger partial charge < -0.3 is 27.3 Å². The molecule has 3 rings (SSSR count). The Hall–Kier alpha value is -3.72. The first-order valence-electron chi connectivity index (χ1n) is 9.05. The van der Waals surface area contributed by atoms with Crippen molar-refractivity contribution in [3.8, 4) is 17.0 Å². The van der Waals surface area contributed by atoms with Crippen LogP contribution in [0.4, 0.5) is 11.6 Å². The quantitative estimate of drug-likeness (QED) is 0.420. The van der Waals surface area contributed by atoms with E-state index in [2.05, 4.69) is 15.3 Å². The van der Waals surface area contributed by atoms with Crippen LogP contribution in [0.25, 0.3) is 22.2 Å². The molecule has 3 aromatic rings. The van der Waals surface area contributed by atoms with E-state index >= 15 is 0 Å². The van der Waals surface area contributed by atoms with Crippen molar-refractivity contribution >= 4 is 34.4 Å². The molecular weight excluding hydrogens is 372 g/mol. The number of nitrogens with zero attached hydrogens (tertiary/aromatic N) is 2. The van der Waals surface area contributed by atoms with Crippen LogP contribution in [-0.2, 0) is 9.59 Å². The number of nitrogens with one attached hydrogen (secondary N) is 1. The summed E-state index contributed by atoms with van der Waals surface area (Å²) < 4.78 is 5.70. The minimum atomic E-state index is -0.359. The van der Waals surface area contributed by atoms with Gasteiger partial charge in [0.2, 0.25) is 17.8 Å². The summed E-state index contributed by atoms with van der Waals surface area (Å²) in [4.78, 5) is 31.1. The average molecular weight is 394 g/mol. The first kappa shape index (κ1) is 20.0. The number of aromatic nitrogens is 2. The Balaban J connectivity index is 1.93. The number of primary amides is 1. The molecule has 0 atom stereocenters. The molecule has 1 aromatic heterocycles. The van der Waals surface area contributed by atoms with Crippen LogP contribution in [0.3, 0.4) is 0 Å². The maximum absolute atomic E-state index is 11.6. The number of benzene rings is 2. The minimum Gasteiger partial charge on any atom is -0.494 e. The molecule has 9 nitrogen and oxygen atoms in total. The SMILES string of the molecule is NCC(=O)Nc1ccc2nc(N)nc(-c3cccc(OCCCC(N)=O)c3)c2c1. The van der Waals surface area contributed by atoms with Crippen LogP contribution < -0.4 is 27.3 Å². The molecule has 0 bridgehead atoms. The van der Waals surface area contributed by atoms with Gasteiger partial charge in [-0.1, -0.05) is 12.1 Å². The molecule has 0 saturated heterocycles. The normalized spacial score (nSPS) is 10.7. The number of ether oxygens (including phenoxy) is 1. The first-order chi connectivity index (χ1) is 14.0. The number of carbonyl (C=O) groups is 2. The summed E-state index contributed by atoms with van der Waals surface area (Å²) in [6.07, 6.45) is 0.803. The molecule has 2 aromatic carbocycles. The highest BCUT2D eigenvalue weighted by atomic mass is 16.5. The van der Waals surface area contributed by atoms with Gasteiger partial charge in [0.1, 0.15) is 5.75 Å².